The summed E-state index contributed by atoms with van der Waals surface area (Å²) in [5.74, 6) is -0.646. The van der Waals surface area contributed by atoms with Gasteiger partial charge in [0.05, 0.1) is 41.0 Å². The number of carbonyl (C=O) groups excluding carboxylic acids is 1. The average molecular weight is 403 g/mol. The number of nitrogens with two attached hydrogens (primary N) is 1. The van der Waals surface area contributed by atoms with Crippen LogP contribution in [0, 0.1) is 5.82 Å². The number of H-pyrrole nitrogens is 1. The fourth-order valence-corrected chi connectivity index (χ4v) is 3.44. The Morgan fingerprint density at radius 3 is 3.00 bits per heavy atom. The molecule has 1 amide bonds. The van der Waals surface area contributed by atoms with Gasteiger partial charge in [0.15, 0.2) is 11.6 Å². The molecule has 0 bridgehead atoms. The first-order valence-electron chi connectivity index (χ1n) is 8.40. The van der Waals surface area contributed by atoms with Crippen molar-refractivity contribution < 1.29 is 13.9 Å². The molecule has 0 spiro atoms. The van der Waals surface area contributed by atoms with Crippen molar-refractivity contribution in [2.75, 3.05) is 24.7 Å². The number of ether oxygens (including phenoxy) is 1. The predicted molar refractivity (Wildman–Crippen MR) is 104 cm³/mol. The molecule has 0 atom stereocenters. The SMILES string of the molecule is COc1c(Cl)cccc1Nc1c(-c2nc(N)ncc2F)[nH]c2c1C(=O)NCC2. The first-order chi connectivity index (χ1) is 13.5. The maximum Gasteiger partial charge on any atom is 0.255 e. The maximum absolute atomic E-state index is 14.5. The van der Waals surface area contributed by atoms with E-state index in [0.717, 1.165) is 6.20 Å². The van der Waals surface area contributed by atoms with E-state index in [2.05, 4.69) is 25.6 Å². The van der Waals surface area contributed by atoms with Crippen LogP contribution in [0.5, 0.6) is 5.75 Å². The fourth-order valence-electron chi connectivity index (χ4n) is 3.19. The molecule has 3 aromatic rings. The number of aromatic nitrogens is 3. The summed E-state index contributed by atoms with van der Waals surface area (Å²) >= 11 is 6.20. The Morgan fingerprint density at radius 1 is 1.39 bits per heavy atom. The summed E-state index contributed by atoms with van der Waals surface area (Å²) in [4.78, 5) is 23.3. The van der Waals surface area contributed by atoms with Crippen LogP contribution in [-0.2, 0) is 6.42 Å². The van der Waals surface area contributed by atoms with Gasteiger partial charge in [-0.1, -0.05) is 17.7 Å². The predicted octanol–water partition coefficient (Wildman–Crippen LogP) is 2.88. The van der Waals surface area contributed by atoms with Gasteiger partial charge in [0.25, 0.3) is 5.91 Å². The van der Waals surface area contributed by atoms with E-state index in [9.17, 15) is 9.18 Å². The molecule has 0 saturated carbocycles. The molecule has 8 nitrogen and oxygen atoms in total. The fraction of sp³-hybridized carbons (Fsp3) is 0.167. The lowest BCUT2D eigenvalue weighted by atomic mass is 10.1. The number of rotatable bonds is 4. The van der Waals surface area contributed by atoms with Gasteiger partial charge >= 0.3 is 0 Å². The van der Waals surface area contributed by atoms with Crippen LogP contribution in [0.25, 0.3) is 11.4 Å². The van der Waals surface area contributed by atoms with E-state index in [0.29, 0.717) is 46.4 Å². The number of nitrogens with zero attached hydrogens (tertiary/aromatic N) is 2. The Hall–Kier alpha value is -3.33. The van der Waals surface area contributed by atoms with Crippen LogP contribution in [0.2, 0.25) is 5.02 Å². The maximum atomic E-state index is 14.5. The van der Waals surface area contributed by atoms with Crippen molar-refractivity contribution in [3.05, 3.63) is 46.5 Å². The van der Waals surface area contributed by atoms with Crippen molar-refractivity contribution in [2.45, 2.75) is 6.42 Å². The lowest BCUT2D eigenvalue weighted by molar-refractivity contribution is 0.0947. The minimum Gasteiger partial charge on any atom is -0.493 e. The number of methoxy groups -OCH3 is 1. The molecule has 1 aliphatic rings. The van der Waals surface area contributed by atoms with Gasteiger partial charge in [-0.15, -0.1) is 0 Å². The molecule has 0 saturated heterocycles. The summed E-state index contributed by atoms with van der Waals surface area (Å²) in [6.07, 6.45) is 1.55. The number of carbonyl (C=O) groups is 1. The van der Waals surface area contributed by atoms with Crippen molar-refractivity contribution in [1.29, 1.82) is 0 Å². The summed E-state index contributed by atoms with van der Waals surface area (Å²) in [6, 6.07) is 5.14. The number of amides is 1. The molecule has 0 aliphatic carbocycles. The topological polar surface area (TPSA) is 118 Å². The van der Waals surface area contributed by atoms with Crippen LogP contribution in [0.4, 0.5) is 21.7 Å². The molecule has 2 aromatic heterocycles. The summed E-state index contributed by atoms with van der Waals surface area (Å²) in [5, 5.41) is 6.32. The molecule has 0 radical (unpaired) electrons. The largest absolute Gasteiger partial charge is 0.493 e. The highest BCUT2D eigenvalue weighted by Gasteiger charge is 2.29. The Labute approximate surface area is 164 Å². The zero-order chi connectivity index (χ0) is 19.8. The summed E-state index contributed by atoms with van der Waals surface area (Å²) in [7, 11) is 1.48. The molecule has 5 N–H and O–H groups in total. The van der Waals surface area contributed by atoms with E-state index in [-0.39, 0.29) is 23.2 Å². The molecule has 0 fully saturated rings. The van der Waals surface area contributed by atoms with Crippen LogP contribution >= 0.6 is 11.6 Å². The Bertz CT molecular complexity index is 1080. The molecule has 28 heavy (non-hydrogen) atoms. The smallest absolute Gasteiger partial charge is 0.255 e. The first kappa shape index (κ1) is 18.1. The molecule has 3 heterocycles. The Kier molecular flexibility index (Phi) is 4.52. The van der Waals surface area contributed by atoms with Crippen LogP contribution in [0.1, 0.15) is 16.1 Å². The third-order valence-electron chi connectivity index (χ3n) is 4.40. The lowest BCUT2D eigenvalue weighted by Crippen LogP contribution is -2.31. The minimum absolute atomic E-state index is 0.0433. The molecule has 1 aromatic carbocycles. The molecule has 4 rings (SSSR count). The number of hydrogen-bond donors (Lipinski definition) is 4. The zero-order valence-corrected chi connectivity index (χ0v) is 15.5. The summed E-state index contributed by atoms with van der Waals surface area (Å²) < 4.78 is 19.8. The highest BCUT2D eigenvalue weighted by atomic mass is 35.5. The van der Waals surface area contributed by atoms with E-state index < -0.39 is 5.82 Å². The molecule has 10 heteroatoms. The number of aromatic amines is 1. The van der Waals surface area contributed by atoms with Gasteiger partial charge in [0, 0.05) is 18.7 Å². The van der Waals surface area contributed by atoms with Crippen LogP contribution in [0.3, 0.4) is 0 Å². The zero-order valence-electron chi connectivity index (χ0n) is 14.8. The van der Waals surface area contributed by atoms with Gasteiger partial charge < -0.3 is 26.1 Å². The quantitative estimate of drug-likeness (QED) is 0.533. The number of anilines is 3. The Balaban J connectivity index is 1.93. The van der Waals surface area contributed by atoms with Gasteiger partial charge in [-0.05, 0) is 12.1 Å². The van der Waals surface area contributed by atoms with Crippen LogP contribution in [0.15, 0.2) is 24.4 Å². The number of benzene rings is 1. The minimum atomic E-state index is -0.672. The number of halogens is 2. The second-order valence-corrected chi connectivity index (χ2v) is 6.51. The lowest BCUT2D eigenvalue weighted by Gasteiger charge is -2.17. The number of nitrogens with one attached hydrogen (secondary N) is 3. The van der Waals surface area contributed by atoms with Crippen molar-refractivity contribution in [1.82, 2.24) is 20.3 Å². The molecular formula is C18H16ClFN6O2. The first-order valence-corrected chi connectivity index (χ1v) is 8.78. The van der Waals surface area contributed by atoms with Crippen molar-refractivity contribution in [3.63, 3.8) is 0 Å². The van der Waals surface area contributed by atoms with Gasteiger partial charge in [0.2, 0.25) is 5.95 Å². The van der Waals surface area contributed by atoms with Crippen molar-refractivity contribution in [3.8, 4) is 17.1 Å². The molecule has 144 valence electrons. The van der Waals surface area contributed by atoms with Gasteiger partial charge in [0.1, 0.15) is 5.69 Å². The highest BCUT2D eigenvalue weighted by Crippen LogP contribution is 2.40. The number of para-hydroxylation sites is 1. The van der Waals surface area contributed by atoms with E-state index in [1.54, 1.807) is 18.2 Å². The van der Waals surface area contributed by atoms with Gasteiger partial charge in [-0.25, -0.2) is 14.4 Å². The van der Waals surface area contributed by atoms with E-state index >= 15 is 0 Å². The van der Waals surface area contributed by atoms with Crippen molar-refractivity contribution >= 4 is 34.8 Å². The standard InChI is InChI=1S/C18H16ClFN6O2/c1-28-16-8(19)3-2-4-11(16)25-14-12-10(5-6-22-17(12)27)24-15(14)13-9(20)7-23-18(21)26-13/h2-4,7,24-25H,5-6H2,1H3,(H,22,27)(H2,21,23,26). The second-order valence-electron chi connectivity index (χ2n) is 6.10. The van der Waals surface area contributed by atoms with E-state index in [1.165, 1.54) is 7.11 Å². The van der Waals surface area contributed by atoms with E-state index in [4.69, 9.17) is 22.1 Å². The van der Waals surface area contributed by atoms with E-state index in [1.807, 2.05) is 0 Å². The summed E-state index contributed by atoms with van der Waals surface area (Å²) in [6.45, 7) is 0.472. The molecule has 0 unspecified atom stereocenters. The Morgan fingerprint density at radius 2 is 2.21 bits per heavy atom. The van der Waals surface area contributed by atoms with Gasteiger partial charge in [-0.3, -0.25) is 4.79 Å². The third kappa shape index (κ3) is 2.99. The molecular weight excluding hydrogens is 387 g/mol. The number of fused-ring (bicyclic) bond motifs is 1. The summed E-state index contributed by atoms with van der Waals surface area (Å²) in [5.41, 5.74) is 7.79. The monoisotopic (exact) mass is 402 g/mol. The molecule has 1 aliphatic heterocycles. The number of hydrogen-bond acceptors (Lipinski definition) is 6. The average Bonchev–Trinajstić information content (AvgIpc) is 3.03. The van der Waals surface area contributed by atoms with Crippen LogP contribution < -0.4 is 21.1 Å². The second kappa shape index (κ2) is 7.01. The van der Waals surface area contributed by atoms with Crippen molar-refractivity contribution in [2.24, 2.45) is 0 Å². The number of nitrogen functional groups attached to an aromatic ring is 1. The van der Waals surface area contributed by atoms with Gasteiger partial charge in [-0.2, -0.15) is 0 Å². The normalized spacial score (nSPS) is 13.0. The van der Waals surface area contributed by atoms with Crippen LogP contribution in [-0.4, -0.2) is 34.5 Å². The third-order valence-corrected chi connectivity index (χ3v) is 4.69. The highest BCUT2D eigenvalue weighted by molar-refractivity contribution is 6.32.